The first-order chi connectivity index (χ1) is 15.6. The van der Waals surface area contributed by atoms with E-state index in [1.807, 2.05) is 20.8 Å². The summed E-state index contributed by atoms with van der Waals surface area (Å²) >= 11 is 0. The van der Waals surface area contributed by atoms with Crippen LogP contribution in [-0.4, -0.2) is 68.6 Å². The average Bonchev–Trinajstić information content (AvgIpc) is 2.80. The molecular formula is C21H39N3O9. The zero-order valence-corrected chi connectivity index (χ0v) is 19.5. The zero-order chi connectivity index (χ0) is 26.1. The fourth-order valence-electron chi connectivity index (χ4n) is 1.88. The Hall–Kier alpha value is -3.09. The third-order valence-corrected chi connectivity index (χ3v) is 3.45. The topological polar surface area (TPSA) is 209 Å². The van der Waals surface area contributed by atoms with Crippen LogP contribution in [0.3, 0.4) is 0 Å². The quantitative estimate of drug-likeness (QED) is 0.255. The van der Waals surface area contributed by atoms with E-state index >= 15 is 0 Å². The van der Waals surface area contributed by atoms with E-state index in [1.54, 1.807) is 18.2 Å². The molecule has 192 valence electrons. The van der Waals surface area contributed by atoms with Crippen molar-refractivity contribution >= 4 is 18.3 Å². The molecular weight excluding hydrogens is 438 g/mol. The lowest BCUT2D eigenvalue weighted by Gasteiger charge is -2.08. The molecule has 0 spiro atoms. The summed E-state index contributed by atoms with van der Waals surface area (Å²) in [6, 6.07) is 5.20. The SMILES string of the molecule is CCCNC(=O)O.CCCNC(=O)O.CCCNC(=O)O.OCc1cccc(CO)c1CO. The van der Waals surface area contributed by atoms with Gasteiger partial charge in [0.2, 0.25) is 0 Å². The van der Waals surface area contributed by atoms with E-state index in [1.165, 1.54) is 0 Å². The fourth-order valence-corrected chi connectivity index (χ4v) is 1.88. The molecule has 0 heterocycles. The van der Waals surface area contributed by atoms with Gasteiger partial charge in [-0.25, -0.2) is 14.4 Å². The average molecular weight is 478 g/mol. The van der Waals surface area contributed by atoms with E-state index < -0.39 is 18.3 Å². The van der Waals surface area contributed by atoms with Gasteiger partial charge < -0.3 is 46.6 Å². The zero-order valence-electron chi connectivity index (χ0n) is 19.5. The first-order valence-electron chi connectivity index (χ1n) is 10.5. The molecule has 0 radical (unpaired) electrons. The van der Waals surface area contributed by atoms with E-state index in [0.717, 1.165) is 19.3 Å². The van der Waals surface area contributed by atoms with Crippen molar-refractivity contribution in [2.24, 2.45) is 0 Å². The first kappa shape index (κ1) is 34.5. The second-order valence-corrected chi connectivity index (χ2v) is 6.22. The summed E-state index contributed by atoms with van der Waals surface area (Å²) in [6.45, 7) is 7.03. The smallest absolute Gasteiger partial charge is 0.404 e. The molecule has 3 amide bonds. The van der Waals surface area contributed by atoms with E-state index in [9.17, 15) is 14.4 Å². The molecule has 1 aromatic carbocycles. The lowest BCUT2D eigenvalue weighted by molar-refractivity contribution is 0.193. The van der Waals surface area contributed by atoms with E-state index in [0.29, 0.717) is 36.3 Å². The number of aliphatic hydroxyl groups is 3. The van der Waals surface area contributed by atoms with Crippen LogP contribution in [-0.2, 0) is 19.8 Å². The number of carboxylic acid groups (broad SMARTS) is 3. The molecule has 1 rings (SSSR count). The number of amides is 3. The molecule has 0 bridgehead atoms. The summed E-state index contributed by atoms with van der Waals surface area (Å²) in [4.78, 5) is 28.9. The van der Waals surface area contributed by atoms with Crippen molar-refractivity contribution in [2.75, 3.05) is 19.6 Å². The van der Waals surface area contributed by atoms with Gasteiger partial charge in [-0.05, 0) is 36.0 Å². The summed E-state index contributed by atoms with van der Waals surface area (Å²) in [5.41, 5.74) is 1.97. The Bertz CT molecular complexity index is 578. The molecule has 0 saturated carbocycles. The minimum atomic E-state index is -0.943. The van der Waals surface area contributed by atoms with Gasteiger partial charge in [0.05, 0.1) is 19.8 Å². The van der Waals surface area contributed by atoms with Gasteiger partial charge in [0.25, 0.3) is 0 Å². The molecule has 0 unspecified atom stereocenters. The molecule has 0 saturated heterocycles. The van der Waals surface area contributed by atoms with Crippen LogP contribution in [0, 0.1) is 0 Å². The van der Waals surface area contributed by atoms with Gasteiger partial charge in [0.1, 0.15) is 0 Å². The van der Waals surface area contributed by atoms with Crippen molar-refractivity contribution < 1.29 is 45.0 Å². The van der Waals surface area contributed by atoms with E-state index in [4.69, 9.17) is 30.6 Å². The summed E-state index contributed by atoms with van der Waals surface area (Å²) in [5.74, 6) is 0. The van der Waals surface area contributed by atoms with Gasteiger partial charge >= 0.3 is 18.3 Å². The molecule has 0 aromatic heterocycles. The predicted molar refractivity (Wildman–Crippen MR) is 123 cm³/mol. The Labute approximate surface area is 194 Å². The highest BCUT2D eigenvalue weighted by Gasteiger charge is 2.04. The molecule has 0 aliphatic rings. The summed E-state index contributed by atoms with van der Waals surface area (Å²) in [7, 11) is 0. The van der Waals surface area contributed by atoms with Gasteiger partial charge in [-0.2, -0.15) is 0 Å². The Morgan fingerprint density at radius 3 is 1.09 bits per heavy atom. The maximum atomic E-state index is 9.65. The third kappa shape index (κ3) is 25.0. The maximum Gasteiger partial charge on any atom is 0.404 e. The van der Waals surface area contributed by atoms with Crippen LogP contribution in [0.15, 0.2) is 18.2 Å². The van der Waals surface area contributed by atoms with Crippen molar-refractivity contribution in [3.63, 3.8) is 0 Å². The lowest BCUT2D eigenvalue weighted by atomic mass is 10.0. The van der Waals surface area contributed by atoms with Crippen molar-refractivity contribution in [3.8, 4) is 0 Å². The molecule has 12 heteroatoms. The second-order valence-electron chi connectivity index (χ2n) is 6.22. The summed E-state index contributed by atoms with van der Waals surface area (Å²) in [5, 5.41) is 57.1. The molecule has 12 nitrogen and oxygen atoms in total. The molecule has 0 aliphatic heterocycles. The Morgan fingerprint density at radius 2 is 0.939 bits per heavy atom. The van der Waals surface area contributed by atoms with Crippen LogP contribution in [0.2, 0.25) is 0 Å². The number of hydrogen-bond donors (Lipinski definition) is 9. The molecule has 0 atom stereocenters. The number of nitrogens with one attached hydrogen (secondary N) is 3. The maximum absolute atomic E-state index is 9.65. The summed E-state index contributed by atoms with van der Waals surface area (Å²) < 4.78 is 0. The van der Waals surface area contributed by atoms with Crippen molar-refractivity contribution in [1.82, 2.24) is 16.0 Å². The van der Waals surface area contributed by atoms with Crippen LogP contribution in [0.4, 0.5) is 14.4 Å². The van der Waals surface area contributed by atoms with E-state index in [2.05, 4.69) is 16.0 Å². The Balaban J connectivity index is -0.000000379. The number of rotatable bonds is 9. The molecule has 1 aromatic rings. The highest BCUT2D eigenvalue weighted by atomic mass is 16.4. The molecule has 0 aliphatic carbocycles. The van der Waals surface area contributed by atoms with Crippen molar-refractivity contribution in [3.05, 3.63) is 34.9 Å². The molecule has 33 heavy (non-hydrogen) atoms. The third-order valence-electron chi connectivity index (χ3n) is 3.45. The van der Waals surface area contributed by atoms with Crippen molar-refractivity contribution in [1.29, 1.82) is 0 Å². The van der Waals surface area contributed by atoms with Crippen LogP contribution >= 0.6 is 0 Å². The molecule has 0 fully saturated rings. The van der Waals surface area contributed by atoms with Gasteiger partial charge in [-0.1, -0.05) is 39.0 Å². The van der Waals surface area contributed by atoms with E-state index in [-0.39, 0.29) is 19.8 Å². The Morgan fingerprint density at radius 1 is 0.636 bits per heavy atom. The number of carbonyl (C=O) groups is 3. The van der Waals surface area contributed by atoms with Crippen molar-refractivity contribution in [2.45, 2.75) is 59.9 Å². The summed E-state index contributed by atoms with van der Waals surface area (Å²) in [6.07, 6.45) is -0.268. The first-order valence-corrected chi connectivity index (χ1v) is 10.5. The number of aliphatic hydroxyl groups excluding tert-OH is 3. The largest absolute Gasteiger partial charge is 0.465 e. The van der Waals surface area contributed by atoms with Gasteiger partial charge in [0, 0.05) is 19.6 Å². The van der Waals surface area contributed by atoms with Gasteiger partial charge in [-0.15, -0.1) is 0 Å². The lowest BCUT2D eigenvalue weighted by Crippen LogP contribution is -2.20. The second kappa shape index (κ2) is 25.2. The minimum Gasteiger partial charge on any atom is -0.465 e. The predicted octanol–water partition coefficient (Wildman–Crippen LogP) is 2.16. The standard InChI is InChI=1S/C9H12O3.3C4H9NO2/c10-4-7-2-1-3-8(5-11)9(7)6-12;3*1-2-3-5-4(6)7/h1-3,10-12H,4-6H2;3*5H,2-3H2,1H3,(H,6,7). The number of benzene rings is 1. The highest BCUT2D eigenvalue weighted by Crippen LogP contribution is 2.14. The minimum absolute atomic E-state index is 0.107. The normalized spacial score (nSPS) is 8.91. The van der Waals surface area contributed by atoms with Gasteiger partial charge in [0.15, 0.2) is 0 Å². The van der Waals surface area contributed by atoms with Crippen LogP contribution in [0.5, 0.6) is 0 Å². The molecule has 9 N–H and O–H groups in total. The van der Waals surface area contributed by atoms with Crippen LogP contribution in [0.1, 0.15) is 56.7 Å². The number of hydrogen-bond acceptors (Lipinski definition) is 6. The highest BCUT2D eigenvalue weighted by molar-refractivity contribution is 5.64. The monoisotopic (exact) mass is 477 g/mol. The van der Waals surface area contributed by atoms with Crippen LogP contribution in [0.25, 0.3) is 0 Å². The Kier molecular flexibility index (Phi) is 26.3. The van der Waals surface area contributed by atoms with Crippen LogP contribution < -0.4 is 16.0 Å². The fraction of sp³-hybridized carbons (Fsp3) is 0.571. The van der Waals surface area contributed by atoms with Gasteiger partial charge in [-0.3, -0.25) is 0 Å².